The summed E-state index contributed by atoms with van der Waals surface area (Å²) >= 11 is 3.32. The van der Waals surface area contributed by atoms with Crippen LogP contribution in [0, 0.1) is 6.92 Å². The van der Waals surface area contributed by atoms with E-state index in [0.717, 1.165) is 10.0 Å². The Morgan fingerprint density at radius 3 is 2.65 bits per heavy atom. The predicted molar refractivity (Wildman–Crippen MR) is 65.1 cm³/mol. The lowest BCUT2D eigenvalue weighted by molar-refractivity contribution is 0.0690. The average Bonchev–Trinajstić information content (AvgIpc) is 2.74. The summed E-state index contributed by atoms with van der Waals surface area (Å²) in [6, 6.07) is 4.73. The van der Waals surface area contributed by atoms with Crippen molar-refractivity contribution in [2.24, 2.45) is 0 Å². The van der Waals surface area contributed by atoms with Gasteiger partial charge in [-0.3, -0.25) is 5.10 Å². The van der Waals surface area contributed by atoms with Crippen LogP contribution in [0.15, 0.2) is 22.7 Å². The maximum atomic E-state index is 10.7. The van der Waals surface area contributed by atoms with Crippen molar-refractivity contribution in [2.75, 3.05) is 0 Å². The zero-order chi connectivity index (χ0) is 12.6. The molecule has 0 unspecified atom stereocenters. The molecule has 0 saturated heterocycles. The van der Waals surface area contributed by atoms with Crippen LogP contribution in [0.25, 0.3) is 11.3 Å². The summed E-state index contributed by atoms with van der Waals surface area (Å²) < 4.78 is 0.743. The number of H-pyrrole nitrogens is 1. The van der Waals surface area contributed by atoms with Crippen LogP contribution in [0.2, 0.25) is 0 Å². The Bertz CT molecular complexity index is 569. The molecule has 0 saturated carbocycles. The van der Waals surface area contributed by atoms with E-state index in [1.807, 2.05) is 0 Å². The molecule has 0 radical (unpaired) electrons. The minimum absolute atomic E-state index is 0.0104. The Kier molecular flexibility index (Phi) is 2.89. The average molecular weight is 297 g/mol. The summed E-state index contributed by atoms with van der Waals surface area (Å²) in [7, 11) is 0. The minimum Gasteiger partial charge on any atom is -0.508 e. The number of nitrogens with one attached hydrogen (secondary N) is 1. The van der Waals surface area contributed by atoms with Gasteiger partial charge >= 0.3 is 5.97 Å². The number of aromatic hydroxyl groups is 1. The molecule has 2 rings (SSSR count). The fourth-order valence-electron chi connectivity index (χ4n) is 1.39. The number of aromatic amines is 1. The summed E-state index contributed by atoms with van der Waals surface area (Å²) in [6.07, 6.45) is 0. The number of aromatic nitrogens is 2. The van der Waals surface area contributed by atoms with E-state index < -0.39 is 5.97 Å². The number of phenolic OH excluding ortho intramolecular Hbond substituents is 1. The van der Waals surface area contributed by atoms with Crippen molar-refractivity contribution in [3.63, 3.8) is 0 Å². The normalized spacial score (nSPS) is 10.5. The number of hydrogen-bond donors (Lipinski definition) is 3. The van der Waals surface area contributed by atoms with Gasteiger partial charge in [-0.2, -0.15) is 5.10 Å². The number of hydrogen-bond acceptors (Lipinski definition) is 3. The van der Waals surface area contributed by atoms with Gasteiger partial charge in [0.25, 0.3) is 0 Å². The number of aromatic carboxylic acids is 1. The first-order valence-corrected chi connectivity index (χ1v) is 5.56. The molecule has 3 N–H and O–H groups in total. The summed E-state index contributed by atoms with van der Waals surface area (Å²) in [5.74, 6) is -0.937. The lowest BCUT2D eigenvalue weighted by atomic mass is 10.1. The van der Waals surface area contributed by atoms with Crippen molar-refractivity contribution in [3.8, 4) is 17.0 Å². The van der Waals surface area contributed by atoms with Crippen molar-refractivity contribution in [1.29, 1.82) is 0 Å². The van der Waals surface area contributed by atoms with Crippen LogP contribution in [0.1, 0.15) is 16.1 Å². The smallest absolute Gasteiger partial charge is 0.353 e. The zero-order valence-corrected chi connectivity index (χ0v) is 10.4. The second-order valence-corrected chi connectivity index (χ2v) is 4.43. The summed E-state index contributed by atoms with van der Waals surface area (Å²) in [6.45, 7) is 1.77. The van der Waals surface area contributed by atoms with E-state index in [0.29, 0.717) is 11.3 Å². The van der Waals surface area contributed by atoms with Crippen molar-refractivity contribution in [3.05, 3.63) is 33.9 Å². The highest BCUT2D eigenvalue weighted by atomic mass is 79.9. The molecule has 1 aromatic heterocycles. The Hall–Kier alpha value is -1.82. The number of nitrogens with zero attached hydrogens (tertiary/aromatic N) is 1. The molecule has 0 fully saturated rings. The molecule has 0 atom stereocenters. The van der Waals surface area contributed by atoms with Crippen molar-refractivity contribution >= 4 is 21.9 Å². The molecule has 0 amide bonds. The standard InChI is InChI=1S/C11H9BrN2O3/c1-5-7(12)2-6(3-10(5)15)8-4-9(11(16)17)14-13-8/h2-4,15H,1H3,(H,13,14)(H,16,17). The van der Waals surface area contributed by atoms with Gasteiger partial charge in [0.2, 0.25) is 0 Å². The van der Waals surface area contributed by atoms with Gasteiger partial charge < -0.3 is 10.2 Å². The van der Waals surface area contributed by atoms with Crippen LogP contribution in [-0.2, 0) is 0 Å². The van der Waals surface area contributed by atoms with Crippen LogP contribution in [0.5, 0.6) is 5.75 Å². The topological polar surface area (TPSA) is 86.2 Å². The number of rotatable bonds is 2. The largest absolute Gasteiger partial charge is 0.508 e. The fourth-order valence-corrected chi connectivity index (χ4v) is 1.84. The van der Waals surface area contributed by atoms with Gasteiger partial charge in [-0.1, -0.05) is 15.9 Å². The van der Waals surface area contributed by atoms with Crippen molar-refractivity contribution in [2.45, 2.75) is 6.92 Å². The number of carbonyl (C=O) groups is 1. The predicted octanol–water partition coefficient (Wildman–Crippen LogP) is 2.55. The Morgan fingerprint density at radius 2 is 2.12 bits per heavy atom. The van der Waals surface area contributed by atoms with Gasteiger partial charge in [0, 0.05) is 15.6 Å². The molecular weight excluding hydrogens is 288 g/mol. The van der Waals surface area contributed by atoms with E-state index >= 15 is 0 Å². The lowest BCUT2D eigenvalue weighted by Crippen LogP contribution is -1.95. The van der Waals surface area contributed by atoms with E-state index in [4.69, 9.17) is 5.11 Å². The first-order chi connectivity index (χ1) is 7.99. The Morgan fingerprint density at radius 1 is 1.41 bits per heavy atom. The molecule has 0 bridgehead atoms. The van der Waals surface area contributed by atoms with Crippen LogP contribution in [0.4, 0.5) is 0 Å². The maximum Gasteiger partial charge on any atom is 0.353 e. The molecule has 88 valence electrons. The van der Waals surface area contributed by atoms with Crippen LogP contribution in [-0.4, -0.2) is 26.4 Å². The molecule has 0 aliphatic carbocycles. The first kappa shape index (κ1) is 11.7. The van der Waals surface area contributed by atoms with E-state index in [1.165, 1.54) is 6.07 Å². The van der Waals surface area contributed by atoms with Crippen molar-refractivity contribution in [1.82, 2.24) is 10.2 Å². The summed E-state index contributed by atoms with van der Waals surface area (Å²) in [5, 5.41) is 24.7. The monoisotopic (exact) mass is 296 g/mol. The van der Waals surface area contributed by atoms with Gasteiger partial charge in [0.15, 0.2) is 0 Å². The molecule has 0 spiro atoms. The van der Waals surface area contributed by atoms with E-state index in [-0.39, 0.29) is 11.4 Å². The number of carboxylic acid groups (broad SMARTS) is 1. The van der Waals surface area contributed by atoms with Crippen molar-refractivity contribution < 1.29 is 15.0 Å². The highest BCUT2D eigenvalue weighted by Gasteiger charge is 2.11. The van der Waals surface area contributed by atoms with Gasteiger partial charge in [-0.15, -0.1) is 0 Å². The highest BCUT2D eigenvalue weighted by Crippen LogP contribution is 2.31. The molecule has 2 aromatic rings. The molecule has 6 heteroatoms. The SMILES string of the molecule is Cc1c(O)cc(-c2cc(C(=O)O)[nH]n2)cc1Br. The van der Waals surface area contributed by atoms with Gasteiger partial charge in [0.05, 0.1) is 5.69 Å². The Labute approximate surface area is 105 Å². The highest BCUT2D eigenvalue weighted by molar-refractivity contribution is 9.10. The molecular formula is C11H9BrN2O3. The van der Waals surface area contributed by atoms with Gasteiger partial charge in [-0.25, -0.2) is 4.79 Å². The number of phenols is 1. The number of halogens is 1. The Balaban J connectivity index is 2.49. The number of benzene rings is 1. The molecule has 1 aromatic carbocycles. The van der Waals surface area contributed by atoms with Gasteiger partial charge in [0.1, 0.15) is 11.4 Å². The fraction of sp³-hybridized carbons (Fsp3) is 0.0909. The summed E-state index contributed by atoms with van der Waals surface area (Å²) in [4.78, 5) is 10.7. The third-order valence-corrected chi connectivity index (χ3v) is 3.24. The lowest BCUT2D eigenvalue weighted by Gasteiger charge is -2.04. The third-order valence-electron chi connectivity index (χ3n) is 2.42. The van der Waals surface area contributed by atoms with E-state index in [1.54, 1.807) is 19.1 Å². The molecule has 5 nitrogen and oxygen atoms in total. The maximum absolute atomic E-state index is 10.7. The van der Waals surface area contributed by atoms with E-state index in [2.05, 4.69) is 26.1 Å². The third kappa shape index (κ3) is 2.16. The summed E-state index contributed by atoms with van der Waals surface area (Å²) in [5.41, 5.74) is 1.85. The number of carboxylic acids is 1. The van der Waals surface area contributed by atoms with Crippen LogP contribution in [0.3, 0.4) is 0 Å². The second kappa shape index (κ2) is 4.21. The van der Waals surface area contributed by atoms with Gasteiger partial charge in [-0.05, 0) is 25.1 Å². The second-order valence-electron chi connectivity index (χ2n) is 3.57. The molecule has 0 aliphatic heterocycles. The van der Waals surface area contributed by atoms with Crippen LogP contribution >= 0.6 is 15.9 Å². The zero-order valence-electron chi connectivity index (χ0n) is 8.86. The minimum atomic E-state index is -1.07. The van der Waals surface area contributed by atoms with E-state index in [9.17, 15) is 9.90 Å². The molecule has 1 heterocycles. The molecule has 17 heavy (non-hydrogen) atoms. The van der Waals surface area contributed by atoms with Crippen LogP contribution < -0.4 is 0 Å². The molecule has 0 aliphatic rings. The first-order valence-electron chi connectivity index (χ1n) is 4.77. The quantitative estimate of drug-likeness (QED) is 0.795.